The van der Waals surface area contributed by atoms with Crippen LogP contribution in [0.15, 0.2) is 60.8 Å². The zero-order chi connectivity index (χ0) is 22.1. The largest absolute Gasteiger partial charge is 0.486 e. The Balaban J connectivity index is 1.50. The summed E-state index contributed by atoms with van der Waals surface area (Å²) >= 11 is 0. The highest BCUT2D eigenvalue weighted by Crippen LogP contribution is 2.31. The number of carbonyl (C=O) groups is 1. The van der Waals surface area contributed by atoms with E-state index >= 15 is 0 Å². The molecule has 0 saturated carbocycles. The van der Waals surface area contributed by atoms with Crippen LogP contribution in [0, 0.1) is 0 Å². The van der Waals surface area contributed by atoms with E-state index in [0.29, 0.717) is 37.5 Å². The van der Waals surface area contributed by atoms with Crippen molar-refractivity contribution in [3.05, 3.63) is 71.9 Å². The highest BCUT2D eigenvalue weighted by molar-refractivity contribution is 6.06. The Morgan fingerprint density at radius 2 is 1.84 bits per heavy atom. The van der Waals surface area contributed by atoms with Gasteiger partial charge in [-0.1, -0.05) is 36.4 Å². The number of hydrogen-bond donors (Lipinski definition) is 0. The zero-order valence-corrected chi connectivity index (χ0v) is 18.1. The first-order chi connectivity index (χ1) is 15.6. The number of carbonyl (C=O) groups excluding carboxylic acids is 1. The van der Waals surface area contributed by atoms with Crippen molar-refractivity contribution in [1.29, 1.82) is 0 Å². The maximum Gasteiger partial charge on any atom is 0.254 e. The Bertz CT molecular complexity index is 1280. The van der Waals surface area contributed by atoms with Gasteiger partial charge in [-0.3, -0.25) is 4.79 Å². The third kappa shape index (κ3) is 3.66. The van der Waals surface area contributed by atoms with E-state index in [4.69, 9.17) is 14.5 Å². The van der Waals surface area contributed by atoms with Gasteiger partial charge in [-0.2, -0.15) is 5.10 Å². The molecule has 3 heterocycles. The average molecular weight is 428 g/mol. The summed E-state index contributed by atoms with van der Waals surface area (Å²) in [7, 11) is 1.80. The fraction of sp³-hybridized carbons (Fsp3) is 0.240. The Kier molecular flexibility index (Phi) is 5.23. The highest BCUT2D eigenvalue weighted by Gasteiger charge is 2.21. The second-order valence-electron chi connectivity index (χ2n) is 7.76. The van der Waals surface area contributed by atoms with Crippen LogP contribution in [-0.4, -0.2) is 45.8 Å². The zero-order valence-electron chi connectivity index (χ0n) is 18.1. The molecule has 2 aromatic carbocycles. The summed E-state index contributed by atoms with van der Waals surface area (Å²) < 4.78 is 13.1. The minimum Gasteiger partial charge on any atom is -0.486 e. The molecule has 0 spiro atoms. The van der Waals surface area contributed by atoms with Gasteiger partial charge in [0.1, 0.15) is 13.2 Å². The molecule has 1 aliphatic rings. The molecular formula is C25H24N4O3. The molecule has 32 heavy (non-hydrogen) atoms. The van der Waals surface area contributed by atoms with Gasteiger partial charge in [-0.15, -0.1) is 0 Å². The van der Waals surface area contributed by atoms with E-state index in [2.05, 4.69) is 5.10 Å². The molecule has 5 rings (SSSR count). The molecule has 162 valence electrons. The number of fused-ring (bicyclic) bond motifs is 2. The van der Waals surface area contributed by atoms with Gasteiger partial charge < -0.3 is 14.4 Å². The van der Waals surface area contributed by atoms with E-state index in [9.17, 15) is 4.79 Å². The smallest absolute Gasteiger partial charge is 0.254 e. The minimum atomic E-state index is -0.0832. The molecule has 7 nitrogen and oxygen atoms in total. The Hall–Kier alpha value is -3.87. The molecular weight excluding hydrogens is 404 g/mol. The van der Waals surface area contributed by atoms with Gasteiger partial charge in [0.2, 0.25) is 0 Å². The van der Waals surface area contributed by atoms with Crippen molar-refractivity contribution in [3.63, 3.8) is 0 Å². The van der Waals surface area contributed by atoms with E-state index in [1.165, 1.54) is 0 Å². The predicted molar refractivity (Wildman–Crippen MR) is 122 cm³/mol. The number of pyridine rings is 1. The molecule has 0 radical (unpaired) electrons. The van der Waals surface area contributed by atoms with E-state index in [-0.39, 0.29) is 5.91 Å². The van der Waals surface area contributed by atoms with E-state index in [1.54, 1.807) is 18.1 Å². The summed E-state index contributed by atoms with van der Waals surface area (Å²) in [4.78, 5) is 20.1. The molecule has 0 aliphatic carbocycles. The van der Waals surface area contributed by atoms with E-state index < -0.39 is 0 Å². The predicted octanol–water partition coefficient (Wildman–Crippen LogP) is 4.16. The maximum atomic E-state index is 13.5. The lowest BCUT2D eigenvalue weighted by molar-refractivity contribution is 0.0786. The fourth-order valence-electron chi connectivity index (χ4n) is 3.95. The number of rotatable bonds is 5. The van der Waals surface area contributed by atoms with Crippen molar-refractivity contribution < 1.29 is 14.3 Å². The first-order valence-electron chi connectivity index (χ1n) is 10.7. The third-order valence-electron chi connectivity index (χ3n) is 5.58. The topological polar surface area (TPSA) is 69.5 Å². The molecule has 0 saturated heterocycles. The van der Waals surface area contributed by atoms with Gasteiger partial charge in [0.15, 0.2) is 17.1 Å². The average Bonchev–Trinajstić information content (AvgIpc) is 3.26. The summed E-state index contributed by atoms with van der Waals surface area (Å²) in [6.45, 7) is 4.22. The van der Waals surface area contributed by atoms with Crippen molar-refractivity contribution in [2.24, 2.45) is 0 Å². The van der Waals surface area contributed by atoms with Crippen LogP contribution in [0.4, 0.5) is 0 Å². The van der Waals surface area contributed by atoms with Gasteiger partial charge in [0.05, 0.1) is 22.8 Å². The van der Waals surface area contributed by atoms with Gasteiger partial charge in [0, 0.05) is 25.7 Å². The number of benzene rings is 2. The van der Waals surface area contributed by atoms with Crippen molar-refractivity contribution in [1.82, 2.24) is 19.7 Å². The molecule has 0 bridgehead atoms. The van der Waals surface area contributed by atoms with Crippen LogP contribution in [0.3, 0.4) is 0 Å². The molecule has 0 atom stereocenters. The van der Waals surface area contributed by atoms with Crippen LogP contribution in [0.2, 0.25) is 0 Å². The van der Waals surface area contributed by atoms with Gasteiger partial charge in [-0.25, -0.2) is 9.67 Å². The molecule has 0 N–H and O–H groups in total. The highest BCUT2D eigenvalue weighted by atomic mass is 16.6. The van der Waals surface area contributed by atoms with Crippen LogP contribution in [-0.2, 0) is 13.1 Å². The molecule has 4 aromatic rings. The lowest BCUT2D eigenvalue weighted by Crippen LogP contribution is -2.26. The number of hydrogen-bond acceptors (Lipinski definition) is 5. The van der Waals surface area contributed by atoms with Crippen molar-refractivity contribution in [2.45, 2.75) is 20.0 Å². The number of aryl methyl sites for hydroxylation is 1. The molecule has 1 amide bonds. The number of nitrogens with zero attached hydrogens (tertiary/aromatic N) is 4. The van der Waals surface area contributed by atoms with Crippen LogP contribution < -0.4 is 9.47 Å². The molecule has 0 unspecified atom stereocenters. The lowest BCUT2D eigenvalue weighted by Gasteiger charge is -2.21. The summed E-state index contributed by atoms with van der Waals surface area (Å²) in [6, 6.07) is 17.5. The van der Waals surface area contributed by atoms with Gasteiger partial charge in [0.25, 0.3) is 5.91 Å². The number of ether oxygens (including phenoxy) is 2. The van der Waals surface area contributed by atoms with E-state index in [1.807, 2.05) is 66.2 Å². The van der Waals surface area contributed by atoms with Crippen molar-refractivity contribution >= 4 is 16.9 Å². The maximum absolute atomic E-state index is 13.5. The van der Waals surface area contributed by atoms with Crippen LogP contribution in [0.25, 0.3) is 22.3 Å². The van der Waals surface area contributed by atoms with Crippen LogP contribution in [0.5, 0.6) is 11.5 Å². The van der Waals surface area contributed by atoms with Crippen molar-refractivity contribution in [2.75, 3.05) is 20.3 Å². The quantitative estimate of drug-likeness (QED) is 0.477. The standard InChI is InChI=1S/C25H24N4O3/c1-3-29-24-20(15-26-29)19(14-21(27-24)18-7-5-4-6-8-18)25(30)28(2)16-17-9-10-22-23(13-17)32-12-11-31-22/h4-10,13-15H,3,11-12,16H2,1-2H3. The van der Waals surface area contributed by atoms with Crippen LogP contribution >= 0.6 is 0 Å². The lowest BCUT2D eigenvalue weighted by atomic mass is 10.1. The fourth-order valence-corrected chi connectivity index (χ4v) is 3.95. The molecule has 1 aliphatic heterocycles. The first-order valence-corrected chi connectivity index (χ1v) is 10.7. The number of amides is 1. The minimum absolute atomic E-state index is 0.0832. The molecule has 7 heteroatoms. The van der Waals surface area contributed by atoms with Crippen LogP contribution in [0.1, 0.15) is 22.8 Å². The van der Waals surface area contributed by atoms with Gasteiger partial charge in [-0.05, 0) is 30.7 Å². The Morgan fingerprint density at radius 3 is 2.62 bits per heavy atom. The van der Waals surface area contributed by atoms with Crippen molar-refractivity contribution in [3.8, 4) is 22.8 Å². The summed E-state index contributed by atoms with van der Waals surface area (Å²) in [5, 5.41) is 5.19. The number of aromatic nitrogens is 3. The SMILES string of the molecule is CCn1ncc2c(C(=O)N(C)Cc3ccc4c(c3)OCCO4)cc(-c3ccccc3)nc21. The second-order valence-corrected chi connectivity index (χ2v) is 7.76. The summed E-state index contributed by atoms with van der Waals surface area (Å²) in [6.07, 6.45) is 1.73. The Labute approximate surface area is 186 Å². The Morgan fingerprint density at radius 1 is 1.06 bits per heavy atom. The third-order valence-corrected chi connectivity index (χ3v) is 5.58. The second kappa shape index (κ2) is 8.34. The molecule has 2 aromatic heterocycles. The summed E-state index contributed by atoms with van der Waals surface area (Å²) in [5.41, 5.74) is 3.99. The van der Waals surface area contributed by atoms with E-state index in [0.717, 1.165) is 33.7 Å². The first kappa shape index (κ1) is 20.1. The normalized spacial score (nSPS) is 12.7. The molecule has 0 fully saturated rings. The van der Waals surface area contributed by atoms with Gasteiger partial charge >= 0.3 is 0 Å². The monoisotopic (exact) mass is 428 g/mol. The summed E-state index contributed by atoms with van der Waals surface area (Å²) in [5.74, 6) is 1.38.